The second-order valence-electron chi connectivity index (χ2n) is 5.63. The number of ether oxygens (including phenoxy) is 1. The van der Waals surface area contributed by atoms with Crippen LogP contribution in [0.5, 0.6) is 0 Å². The van der Waals surface area contributed by atoms with E-state index in [0.717, 1.165) is 19.4 Å². The fourth-order valence-corrected chi connectivity index (χ4v) is 2.31. The maximum atomic E-state index is 12.4. The standard InChI is InChI=1S/C15H23N3O2/c1-11(2)14-16-8-7-13(17-14)15(19)18(3)10-12-6-4-5-9-20-12/h7-8,11-12H,4-6,9-10H2,1-3H3/t12-/m0/s1. The van der Waals surface area contributed by atoms with Gasteiger partial charge in [0.05, 0.1) is 6.10 Å². The van der Waals surface area contributed by atoms with Crippen molar-refractivity contribution in [3.05, 3.63) is 23.8 Å². The number of nitrogens with zero attached hydrogens (tertiary/aromatic N) is 3. The molecule has 5 nitrogen and oxygen atoms in total. The first-order chi connectivity index (χ1) is 9.58. The first-order valence-electron chi connectivity index (χ1n) is 7.28. The van der Waals surface area contributed by atoms with Crippen molar-refractivity contribution in [2.75, 3.05) is 20.2 Å². The van der Waals surface area contributed by atoms with E-state index in [-0.39, 0.29) is 17.9 Å². The predicted octanol–water partition coefficient (Wildman–Crippen LogP) is 2.24. The summed E-state index contributed by atoms with van der Waals surface area (Å²) < 4.78 is 5.67. The zero-order valence-corrected chi connectivity index (χ0v) is 12.5. The molecule has 1 aromatic rings. The molecule has 0 aromatic carbocycles. The molecule has 0 bridgehead atoms. The van der Waals surface area contributed by atoms with Gasteiger partial charge < -0.3 is 9.64 Å². The fraction of sp³-hybridized carbons (Fsp3) is 0.667. The summed E-state index contributed by atoms with van der Waals surface area (Å²) in [5, 5.41) is 0. The molecule has 1 saturated heterocycles. The SMILES string of the molecule is CC(C)c1nccc(C(=O)N(C)C[C@@H]2CCCCO2)n1. The average molecular weight is 277 g/mol. The van der Waals surface area contributed by atoms with Crippen LogP contribution in [0.3, 0.4) is 0 Å². The van der Waals surface area contributed by atoms with Crippen LogP contribution in [-0.4, -0.2) is 47.1 Å². The van der Waals surface area contributed by atoms with Crippen LogP contribution in [0.4, 0.5) is 0 Å². The molecule has 20 heavy (non-hydrogen) atoms. The first-order valence-corrected chi connectivity index (χ1v) is 7.28. The maximum absolute atomic E-state index is 12.4. The summed E-state index contributed by atoms with van der Waals surface area (Å²) in [7, 11) is 1.80. The van der Waals surface area contributed by atoms with Gasteiger partial charge in [0.15, 0.2) is 0 Å². The summed E-state index contributed by atoms with van der Waals surface area (Å²) in [5.74, 6) is 0.858. The van der Waals surface area contributed by atoms with Crippen LogP contribution in [0.1, 0.15) is 55.3 Å². The van der Waals surface area contributed by atoms with Crippen LogP contribution in [-0.2, 0) is 4.74 Å². The Morgan fingerprint density at radius 2 is 2.30 bits per heavy atom. The third kappa shape index (κ3) is 3.76. The summed E-state index contributed by atoms with van der Waals surface area (Å²) in [6.07, 6.45) is 5.14. The molecule has 1 aliphatic heterocycles. The molecule has 0 saturated carbocycles. The van der Waals surface area contributed by atoms with Crippen LogP contribution in [0, 0.1) is 0 Å². The van der Waals surface area contributed by atoms with E-state index in [9.17, 15) is 4.79 Å². The van der Waals surface area contributed by atoms with E-state index < -0.39 is 0 Å². The number of amides is 1. The van der Waals surface area contributed by atoms with E-state index in [2.05, 4.69) is 9.97 Å². The molecule has 5 heteroatoms. The average Bonchev–Trinajstić information content (AvgIpc) is 2.47. The van der Waals surface area contributed by atoms with Gasteiger partial charge in [0, 0.05) is 32.3 Å². The third-order valence-corrected chi connectivity index (χ3v) is 3.51. The first kappa shape index (κ1) is 14.9. The molecule has 2 rings (SSSR count). The maximum Gasteiger partial charge on any atom is 0.272 e. The number of carbonyl (C=O) groups excluding carboxylic acids is 1. The van der Waals surface area contributed by atoms with Crippen molar-refractivity contribution in [2.45, 2.75) is 45.1 Å². The lowest BCUT2D eigenvalue weighted by Crippen LogP contribution is -2.37. The van der Waals surface area contributed by atoms with Crippen molar-refractivity contribution in [2.24, 2.45) is 0 Å². The van der Waals surface area contributed by atoms with Gasteiger partial charge in [-0.1, -0.05) is 13.8 Å². The minimum Gasteiger partial charge on any atom is -0.376 e. The summed E-state index contributed by atoms with van der Waals surface area (Å²) >= 11 is 0. The van der Waals surface area contributed by atoms with Crippen molar-refractivity contribution < 1.29 is 9.53 Å². The summed E-state index contributed by atoms with van der Waals surface area (Å²) in [6, 6.07) is 1.67. The molecule has 1 fully saturated rings. The Kier molecular flexibility index (Phi) is 5.06. The Morgan fingerprint density at radius 3 is 2.95 bits per heavy atom. The van der Waals surface area contributed by atoms with Gasteiger partial charge in [0.25, 0.3) is 5.91 Å². The second kappa shape index (κ2) is 6.79. The number of likely N-dealkylation sites (N-methyl/N-ethyl adjacent to an activating group) is 1. The quantitative estimate of drug-likeness (QED) is 0.847. The summed E-state index contributed by atoms with van der Waals surface area (Å²) in [6.45, 7) is 5.46. The summed E-state index contributed by atoms with van der Waals surface area (Å²) in [5.41, 5.74) is 0.460. The molecular formula is C15H23N3O2. The van der Waals surface area contributed by atoms with Crippen molar-refractivity contribution in [3.8, 4) is 0 Å². The van der Waals surface area contributed by atoms with E-state index >= 15 is 0 Å². The molecule has 0 N–H and O–H groups in total. The Morgan fingerprint density at radius 1 is 1.50 bits per heavy atom. The zero-order valence-electron chi connectivity index (χ0n) is 12.5. The molecule has 0 aliphatic carbocycles. The monoisotopic (exact) mass is 277 g/mol. The van der Waals surface area contributed by atoms with Gasteiger partial charge in [0.1, 0.15) is 11.5 Å². The zero-order chi connectivity index (χ0) is 14.5. The molecule has 1 aromatic heterocycles. The van der Waals surface area contributed by atoms with Crippen LogP contribution >= 0.6 is 0 Å². The highest BCUT2D eigenvalue weighted by Gasteiger charge is 2.21. The van der Waals surface area contributed by atoms with Gasteiger partial charge >= 0.3 is 0 Å². The molecule has 2 heterocycles. The lowest BCUT2D eigenvalue weighted by molar-refractivity contribution is -0.000298. The Bertz CT molecular complexity index is 456. The minimum absolute atomic E-state index is 0.0662. The molecule has 1 atom stereocenters. The highest BCUT2D eigenvalue weighted by molar-refractivity contribution is 5.92. The van der Waals surface area contributed by atoms with Gasteiger partial charge in [-0.15, -0.1) is 0 Å². The lowest BCUT2D eigenvalue weighted by Gasteiger charge is -2.27. The van der Waals surface area contributed by atoms with Crippen LogP contribution in [0.2, 0.25) is 0 Å². The van der Waals surface area contributed by atoms with E-state index in [4.69, 9.17) is 4.74 Å². The third-order valence-electron chi connectivity index (χ3n) is 3.51. The highest BCUT2D eigenvalue weighted by atomic mass is 16.5. The highest BCUT2D eigenvalue weighted by Crippen LogP contribution is 2.15. The number of aromatic nitrogens is 2. The van der Waals surface area contributed by atoms with Crippen LogP contribution < -0.4 is 0 Å². The topological polar surface area (TPSA) is 55.3 Å². The van der Waals surface area contributed by atoms with Gasteiger partial charge in [-0.2, -0.15) is 0 Å². The molecule has 110 valence electrons. The Hall–Kier alpha value is -1.49. The van der Waals surface area contributed by atoms with Crippen LogP contribution in [0.15, 0.2) is 12.3 Å². The minimum atomic E-state index is -0.0662. The molecule has 1 aliphatic rings. The van der Waals surface area contributed by atoms with Gasteiger partial charge in [-0.25, -0.2) is 9.97 Å². The van der Waals surface area contributed by atoms with E-state index in [1.54, 1.807) is 24.2 Å². The van der Waals surface area contributed by atoms with Crippen molar-refractivity contribution in [1.82, 2.24) is 14.9 Å². The van der Waals surface area contributed by atoms with Gasteiger partial charge in [0.2, 0.25) is 0 Å². The Balaban J connectivity index is 2.00. The predicted molar refractivity (Wildman–Crippen MR) is 76.7 cm³/mol. The number of carbonyl (C=O) groups is 1. The number of hydrogen-bond acceptors (Lipinski definition) is 4. The Labute approximate surface area is 120 Å². The molecule has 1 amide bonds. The molecular weight excluding hydrogens is 254 g/mol. The van der Waals surface area contributed by atoms with Crippen LogP contribution in [0.25, 0.3) is 0 Å². The van der Waals surface area contributed by atoms with Crippen molar-refractivity contribution in [1.29, 1.82) is 0 Å². The van der Waals surface area contributed by atoms with Crippen molar-refractivity contribution >= 4 is 5.91 Å². The van der Waals surface area contributed by atoms with E-state index in [1.165, 1.54) is 6.42 Å². The second-order valence-corrected chi connectivity index (χ2v) is 5.63. The fourth-order valence-electron chi connectivity index (χ4n) is 2.31. The van der Waals surface area contributed by atoms with Gasteiger partial charge in [-0.05, 0) is 25.3 Å². The normalized spacial score (nSPS) is 19.1. The van der Waals surface area contributed by atoms with E-state index in [0.29, 0.717) is 18.1 Å². The van der Waals surface area contributed by atoms with E-state index in [1.807, 2.05) is 13.8 Å². The smallest absolute Gasteiger partial charge is 0.272 e. The number of hydrogen-bond donors (Lipinski definition) is 0. The van der Waals surface area contributed by atoms with Crippen molar-refractivity contribution in [3.63, 3.8) is 0 Å². The molecule has 0 spiro atoms. The molecule has 0 radical (unpaired) electrons. The molecule has 0 unspecified atom stereocenters. The summed E-state index contributed by atoms with van der Waals surface area (Å²) in [4.78, 5) is 22.6. The largest absolute Gasteiger partial charge is 0.376 e. The number of rotatable bonds is 4. The van der Waals surface area contributed by atoms with Gasteiger partial charge in [-0.3, -0.25) is 4.79 Å². The lowest BCUT2D eigenvalue weighted by atomic mass is 10.1.